The minimum absolute atomic E-state index is 0.550. The van der Waals surface area contributed by atoms with Crippen molar-refractivity contribution in [3.63, 3.8) is 0 Å². The molecule has 2 aromatic rings. The van der Waals surface area contributed by atoms with Gasteiger partial charge in [0.05, 0.1) is 5.69 Å². The summed E-state index contributed by atoms with van der Waals surface area (Å²) in [6.07, 6.45) is 7.37. The first kappa shape index (κ1) is 13.6. The Morgan fingerprint density at radius 3 is 2.90 bits per heavy atom. The minimum atomic E-state index is 0.550. The van der Waals surface area contributed by atoms with E-state index in [-0.39, 0.29) is 0 Å². The molecule has 2 heterocycles. The van der Waals surface area contributed by atoms with E-state index in [1.54, 1.807) is 11.3 Å². The fourth-order valence-corrected chi connectivity index (χ4v) is 3.76. The van der Waals surface area contributed by atoms with Gasteiger partial charge < -0.3 is 5.32 Å². The number of aryl methyl sites for hydroxylation is 2. The summed E-state index contributed by atoms with van der Waals surface area (Å²) in [5, 5.41) is 4.42. The summed E-state index contributed by atoms with van der Waals surface area (Å²) in [6, 6.07) is 0. The number of likely N-dealkylation sites (N-methyl/N-ethyl adjacent to an activating group) is 1. The van der Waals surface area contributed by atoms with Gasteiger partial charge in [-0.15, -0.1) is 11.3 Å². The molecule has 2 aromatic heterocycles. The van der Waals surface area contributed by atoms with E-state index in [2.05, 4.69) is 22.2 Å². The quantitative estimate of drug-likeness (QED) is 0.940. The Morgan fingerprint density at radius 2 is 2.15 bits per heavy atom. The highest BCUT2D eigenvalue weighted by molar-refractivity contribution is 7.15. The van der Waals surface area contributed by atoms with E-state index in [0.29, 0.717) is 5.92 Å². The van der Waals surface area contributed by atoms with Crippen LogP contribution >= 0.6 is 11.3 Å². The van der Waals surface area contributed by atoms with Crippen molar-refractivity contribution in [3.8, 4) is 10.8 Å². The molecule has 0 bridgehead atoms. The third-order valence-electron chi connectivity index (χ3n) is 3.68. The molecule has 20 heavy (non-hydrogen) atoms. The zero-order valence-corrected chi connectivity index (χ0v) is 12.8. The van der Waals surface area contributed by atoms with Gasteiger partial charge in [0.15, 0.2) is 10.8 Å². The van der Waals surface area contributed by atoms with Crippen molar-refractivity contribution in [2.75, 3.05) is 13.1 Å². The Kier molecular flexibility index (Phi) is 4.08. The Balaban J connectivity index is 1.88. The zero-order chi connectivity index (χ0) is 13.9. The zero-order valence-electron chi connectivity index (χ0n) is 12.0. The van der Waals surface area contributed by atoms with E-state index in [4.69, 9.17) is 4.98 Å². The summed E-state index contributed by atoms with van der Waals surface area (Å²) >= 11 is 1.77. The molecule has 0 radical (unpaired) electrons. The average molecular weight is 288 g/mol. The van der Waals surface area contributed by atoms with Crippen LogP contribution in [0.1, 0.15) is 41.8 Å². The van der Waals surface area contributed by atoms with Crippen molar-refractivity contribution >= 4 is 11.3 Å². The van der Waals surface area contributed by atoms with Gasteiger partial charge in [0, 0.05) is 29.7 Å². The Bertz CT molecular complexity index is 576. The lowest BCUT2D eigenvalue weighted by atomic mass is 9.91. The predicted molar refractivity (Wildman–Crippen MR) is 82.1 cm³/mol. The highest BCUT2D eigenvalue weighted by Crippen LogP contribution is 2.36. The third kappa shape index (κ3) is 2.74. The van der Waals surface area contributed by atoms with Crippen molar-refractivity contribution in [1.82, 2.24) is 20.3 Å². The van der Waals surface area contributed by atoms with Crippen molar-refractivity contribution in [1.29, 1.82) is 0 Å². The number of aromatic nitrogens is 3. The lowest BCUT2D eigenvalue weighted by Gasteiger charge is -2.21. The van der Waals surface area contributed by atoms with Crippen molar-refractivity contribution < 1.29 is 0 Å². The summed E-state index contributed by atoms with van der Waals surface area (Å²) in [4.78, 5) is 15.1. The maximum Gasteiger partial charge on any atom is 0.188 e. The van der Waals surface area contributed by atoms with Gasteiger partial charge in [-0.1, -0.05) is 6.92 Å². The fraction of sp³-hybridized carbons (Fsp3) is 0.533. The Hall–Kier alpha value is -1.33. The predicted octanol–water partition coefficient (Wildman–Crippen LogP) is 2.94. The first-order valence-corrected chi connectivity index (χ1v) is 8.09. The third-order valence-corrected chi connectivity index (χ3v) is 4.81. The number of nitrogens with zero attached hydrogens (tertiary/aromatic N) is 3. The lowest BCUT2D eigenvalue weighted by Crippen LogP contribution is -2.23. The topological polar surface area (TPSA) is 50.7 Å². The highest BCUT2D eigenvalue weighted by Gasteiger charge is 2.25. The monoisotopic (exact) mass is 288 g/mol. The molecule has 1 unspecified atom stereocenters. The van der Waals surface area contributed by atoms with Crippen LogP contribution in [-0.4, -0.2) is 28.0 Å². The van der Waals surface area contributed by atoms with Gasteiger partial charge in [0.2, 0.25) is 0 Å². The summed E-state index contributed by atoms with van der Waals surface area (Å²) in [5.41, 5.74) is 2.36. The molecule has 0 fully saturated rings. The molecule has 5 heteroatoms. The molecule has 3 rings (SSSR count). The second-order valence-corrected chi connectivity index (χ2v) is 6.39. The van der Waals surface area contributed by atoms with Gasteiger partial charge in [0.1, 0.15) is 0 Å². The van der Waals surface area contributed by atoms with Crippen LogP contribution in [0.15, 0.2) is 12.4 Å². The van der Waals surface area contributed by atoms with Crippen molar-refractivity contribution in [2.45, 2.75) is 39.0 Å². The van der Waals surface area contributed by atoms with E-state index in [9.17, 15) is 0 Å². The van der Waals surface area contributed by atoms with Gasteiger partial charge in [0.25, 0.3) is 0 Å². The van der Waals surface area contributed by atoms with Gasteiger partial charge in [-0.25, -0.2) is 15.0 Å². The summed E-state index contributed by atoms with van der Waals surface area (Å²) < 4.78 is 0. The molecular formula is C15H20N4S. The molecule has 1 aliphatic carbocycles. The number of fused-ring (bicyclic) bond motifs is 1. The minimum Gasteiger partial charge on any atom is -0.316 e. The molecule has 0 amide bonds. The van der Waals surface area contributed by atoms with Crippen molar-refractivity contribution in [2.24, 2.45) is 0 Å². The van der Waals surface area contributed by atoms with Crippen LogP contribution in [-0.2, 0) is 6.42 Å². The van der Waals surface area contributed by atoms with Crippen LogP contribution in [0.2, 0.25) is 0 Å². The summed E-state index contributed by atoms with van der Waals surface area (Å²) in [6.45, 7) is 6.20. The number of thiazole rings is 1. The fourth-order valence-electron chi connectivity index (χ4n) is 2.62. The first-order chi connectivity index (χ1) is 9.78. The van der Waals surface area contributed by atoms with E-state index >= 15 is 0 Å². The molecule has 0 aromatic carbocycles. The molecule has 1 aliphatic rings. The highest BCUT2D eigenvalue weighted by atomic mass is 32.1. The molecule has 4 nitrogen and oxygen atoms in total. The Morgan fingerprint density at radius 1 is 1.35 bits per heavy atom. The van der Waals surface area contributed by atoms with E-state index in [0.717, 1.165) is 35.9 Å². The van der Waals surface area contributed by atoms with Crippen molar-refractivity contribution in [3.05, 3.63) is 28.5 Å². The normalized spacial score (nSPS) is 18.0. The summed E-state index contributed by atoms with van der Waals surface area (Å²) in [7, 11) is 0. The van der Waals surface area contributed by atoms with Crippen LogP contribution in [0, 0.1) is 6.92 Å². The van der Waals surface area contributed by atoms with Gasteiger partial charge in [-0.2, -0.15) is 0 Å². The average Bonchev–Trinajstić information content (AvgIpc) is 2.90. The van der Waals surface area contributed by atoms with Crippen LogP contribution in [0.4, 0.5) is 0 Å². The summed E-state index contributed by atoms with van der Waals surface area (Å²) in [5.74, 6) is 1.31. The van der Waals surface area contributed by atoms with E-state index in [1.165, 1.54) is 23.4 Å². The molecular weight excluding hydrogens is 268 g/mol. The van der Waals surface area contributed by atoms with Gasteiger partial charge in [-0.05, 0) is 38.3 Å². The number of rotatable bonds is 4. The number of hydrogen-bond donors (Lipinski definition) is 1. The molecule has 1 atom stereocenters. The van der Waals surface area contributed by atoms with E-state index in [1.807, 2.05) is 19.3 Å². The number of nitrogens with one attached hydrogen (secondary N) is 1. The maximum absolute atomic E-state index is 4.84. The second kappa shape index (κ2) is 5.97. The standard InChI is InChI=1S/C15H20N4S/c1-3-16-9-11-5-4-6-12-13(11)19-15(20-12)14-17-7-10(2)8-18-14/h7-8,11,16H,3-6,9H2,1-2H3. The maximum atomic E-state index is 4.84. The molecule has 1 N–H and O–H groups in total. The smallest absolute Gasteiger partial charge is 0.188 e. The van der Waals surface area contributed by atoms with Gasteiger partial charge >= 0.3 is 0 Å². The van der Waals surface area contributed by atoms with Crippen LogP contribution < -0.4 is 5.32 Å². The molecule has 0 aliphatic heterocycles. The number of hydrogen-bond acceptors (Lipinski definition) is 5. The van der Waals surface area contributed by atoms with Crippen LogP contribution in [0.3, 0.4) is 0 Å². The molecule has 0 saturated carbocycles. The molecule has 0 spiro atoms. The molecule has 0 saturated heterocycles. The van der Waals surface area contributed by atoms with Crippen LogP contribution in [0.25, 0.3) is 10.8 Å². The lowest BCUT2D eigenvalue weighted by molar-refractivity contribution is 0.509. The van der Waals surface area contributed by atoms with Gasteiger partial charge in [-0.3, -0.25) is 0 Å². The second-order valence-electron chi connectivity index (χ2n) is 5.31. The Labute approximate surface area is 123 Å². The van der Waals surface area contributed by atoms with E-state index < -0.39 is 0 Å². The van der Waals surface area contributed by atoms with Crippen LogP contribution in [0.5, 0.6) is 0 Å². The SMILES string of the molecule is CCNCC1CCCc2sc(-c3ncc(C)cn3)nc21. The largest absolute Gasteiger partial charge is 0.316 e. The molecule has 106 valence electrons. The first-order valence-electron chi connectivity index (χ1n) is 7.27.